The Hall–Kier alpha value is -0.820. The molecule has 0 saturated carbocycles. The zero-order valence-electron chi connectivity index (χ0n) is 12.6. The number of nitrogens with zero attached hydrogens (tertiary/aromatic N) is 1. The van der Waals surface area contributed by atoms with Gasteiger partial charge in [0, 0.05) is 23.4 Å². The quantitative estimate of drug-likeness (QED) is 0.860. The fourth-order valence-corrected chi connectivity index (χ4v) is 3.64. The second-order valence-corrected chi connectivity index (χ2v) is 6.89. The van der Waals surface area contributed by atoms with Crippen LogP contribution in [0.5, 0.6) is 0 Å². The maximum atomic E-state index is 8.79. The average molecular weight is 291 g/mol. The van der Waals surface area contributed by atoms with E-state index in [1.807, 2.05) is 0 Å². The van der Waals surface area contributed by atoms with E-state index in [9.17, 15) is 0 Å². The highest BCUT2D eigenvalue weighted by Crippen LogP contribution is 2.26. The largest absolute Gasteiger partial charge is 0.395 e. The number of likely N-dealkylation sites (tertiary alicyclic amines) is 1. The monoisotopic (exact) mass is 291 g/mol. The molecule has 0 aromatic carbocycles. The first-order valence-electron chi connectivity index (χ1n) is 7.59. The Balaban J connectivity index is 1.89. The van der Waals surface area contributed by atoms with E-state index in [0.29, 0.717) is 6.42 Å². The molecule has 1 aromatic rings. The van der Waals surface area contributed by atoms with Gasteiger partial charge in [0.2, 0.25) is 0 Å². The Morgan fingerprint density at radius 2 is 2.15 bits per heavy atom. The van der Waals surface area contributed by atoms with Crippen LogP contribution in [0.4, 0.5) is 0 Å². The summed E-state index contributed by atoms with van der Waals surface area (Å²) in [6.45, 7) is 8.29. The van der Waals surface area contributed by atoms with E-state index in [-0.39, 0.29) is 6.61 Å². The average Bonchev–Trinajstić information content (AvgIpc) is 2.87. The van der Waals surface area contributed by atoms with E-state index < -0.39 is 0 Å². The van der Waals surface area contributed by atoms with Crippen LogP contribution >= 0.6 is 11.3 Å². The maximum Gasteiger partial charge on any atom is 0.0540 e. The Bertz CT molecular complexity index is 461. The van der Waals surface area contributed by atoms with Gasteiger partial charge in [-0.1, -0.05) is 25.7 Å². The van der Waals surface area contributed by atoms with Gasteiger partial charge in [-0.15, -0.1) is 11.3 Å². The van der Waals surface area contributed by atoms with Crippen LogP contribution in [0.15, 0.2) is 11.4 Å². The van der Waals surface area contributed by atoms with Crippen LogP contribution < -0.4 is 0 Å². The molecule has 2 rings (SSSR count). The van der Waals surface area contributed by atoms with E-state index in [1.165, 1.54) is 30.8 Å². The molecule has 1 aliphatic heterocycles. The molecule has 0 unspecified atom stereocenters. The van der Waals surface area contributed by atoms with E-state index in [0.717, 1.165) is 23.9 Å². The number of piperidine rings is 1. The lowest BCUT2D eigenvalue weighted by Crippen LogP contribution is -2.34. The molecule has 3 heteroatoms. The third-order valence-electron chi connectivity index (χ3n) is 4.15. The normalized spacial score (nSPS) is 17.2. The van der Waals surface area contributed by atoms with Crippen LogP contribution in [-0.4, -0.2) is 29.7 Å². The predicted molar refractivity (Wildman–Crippen MR) is 85.7 cm³/mol. The van der Waals surface area contributed by atoms with Crippen LogP contribution in [-0.2, 0) is 6.54 Å². The molecule has 1 aromatic heterocycles. The summed E-state index contributed by atoms with van der Waals surface area (Å²) in [5, 5.41) is 10.9. The highest BCUT2D eigenvalue weighted by atomic mass is 32.1. The van der Waals surface area contributed by atoms with E-state index in [2.05, 4.69) is 42.0 Å². The van der Waals surface area contributed by atoms with E-state index >= 15 is 0 Å². The molecule has 20 heavy (non-hydrogen) atoms. The maximum absolute atomic E-state index is 8.79. The first-order valence-corrected chi connectivity index (χ1v) is 8.47. The SMILES string of the molecule is CC(C)C1CCN(Cc2sccc2C#CCCO)CC1. The predicted octanol–water partition coefficient (Wildman–Crippen LogP) is 3.35. The number of aliphatic hydroxyl groups is 1. The van der Waals surface area contributed by atoms with E-state index in [1.54, 1.807) is 11.3 Å². The van der Waals surface area contributed by atoms with Crippen molar-refractivity contribution in [2.45, 2.75) is 39.7 Å². The third-order valence-corrected chi connectivity index (χ3v) is 5.05. The molecule has 0 spiro atoms. The van der Waals surface area contributed by atoms with Gasteiger partial charge in [-0.3, -0.25) is 4.90 Å². The summed E-state index contributed by atoms with van der Waals surface area (Å²) in [5.74, 6) is 7.93. The standard InChI is InChI=1S/C17H25NOS/c1-14(2)15-6-9-18(10-7-15)13-17-16(8-12-20-17)5-3-4-11-19/h8,12,14-15,19H,4,6-7,9-11,13H2,1-2H3. The molecule has 1 aliphatic rings. The summed E-state index contributed by atoms with van der Waals surface area (Å²) in [6.07, 6.45) is 3.22. The number of rotatable bonds is 4. The number of hydrogen-bond acceptors (Lipinski definition) is 3. The van der Waals surface area contributed by atoms with Crippen molar-refractivity contribution in [2.75, 3.05) is 19.7 Å². The molecule has 2 nitrogen and oxygen atoms in total. The molecular weight excluding hydrogens is 266 g/mol. The summed E-state index contributed by atoms with van der Waals surface area (Å²) in [6, 6.07) is 2.10. The first kappa shape index (κ1) is 15.6. The minimum absolute atomic E-state index is 0.148. The minimum Gasteiger partial charge on any atom is -0.395 e. The van der Waals surface area contributed by atoms with Gasteiger partial charge in [-0.05, 0) is 49.2 Å². The van der Waals surface area contributed by atoms with Crippen LogP contribution in [0.3, 0.4) is 0 Å². The van der Waals surface area contributed by atoms with Crippen molar-refractivity contribution in [3.05, 3.63) is 21.9 Å². The van der Waals surface area contributed by atoms with Gasteiger partial charge in [-0.2, -0.15) is 0 Å². The Morgan fingerprint density at radius 1 is 1.40 bits per heavy atom. The molecule has 0 atom stereocenters. The second-order valence-electron chi connectivity index (χ2n) is 5.89. The summed E-state index contributed by atoms with van der Waals surface area (Å²) in [5.41, 5.74) is 1.15. The van der Waals surface area contributed by atoms with E-state index in [4.69, 9.17) is 5.11 Å². The molecule has 0 radical (unpaired) electrons. The van der Waals surface area contributed by atoms with Gasteiger partial charge in [-0.25, -0.2) is 0 Å². The molecule has 0 aliphatic carbocycles. The highest BCUT2D eigenvalue weighted by Gasteiger charge is 2.22. The number of hydrogen-bond donors (Lipinski definition) is 1. The lowest BCUT2D eigenvalue weighted by molar-refractivity contribution is 0.153. The van der Waals surface area contributed by atoms with Crippen LogP contribution in [0.2, 0.25) is 0 Å². The van der Waals surface area contributed by atoms with Gasteiger partial charge >= 0.3 is 0 Å². The molecule has 0 amide bonds. The Morgan fingerprint density at radius 3 is 2.80 bits per heavy atom. The van der Waals surface area contributed by atoms with Crippen molar-refractivity contribution in [2.24, 2.45) is 11.8 Å². The van der Waals surface area contributed by atoms with Crippen molar-refractivity contribution >= 4 is 11.3 Å². The topological polar surface area (TPSA) is 23.5 Å². The number of thiophene rings is 1. The summed E-state index contributed by atoms with van der Waals surface area (Å²) < 4.78 is 0. The van der Waals surface area contributed by atoms with Gasteiger partial charge in [0.05, 0.1) is 6.61 Å². The van der Waals surface area contributed by atoms with Gasteiger partial charge in [0.25, 0.3) is 0 Å². The smallest absolute Gasteiger partial charge is 0.0540 e. The van der Waals surface area contributed by atoms with Crippen molar-refractivity contribution in [3.8, 4) is 11.8 Å². The van der Waals surface area contributed by atoms with Crippen molar-refractivity contribution in [1.29, 1.82) is 0 Å². The minimum atomic E-state index is 0.148. The molecule has 1 saturated heterocycles. The lowest BCUT2D eigenvalue weighted by atomic mass is 9.87. The van der Waals surface area contributed by atoms with Crippen LogP contribution in [0.1, 0.15) is 43.6 Å². The highest BCUT2D eigenvalue weighted by molar-refractivity contribution is 7.10. The zero-order chi connectivity index (χ0) is 14.4. The lowest BCUT2D eigenvalue weighted by Gasteiger charge is -2.33. The van der Waals surface area contributed by atoms with Gasteiger partial charge in [0.1, 0.15) is 0 Å². The molecular formula is C17H25NOS. The van der Waals surface area contributed by atoms with Crippen LogP contribution in [0.25, 0.3) is 0 Å². The van der Waals surface area contributed by atoms with Crippen molar-refractivity contribution < 1.29 is 5.11 Å². The zero-order valence-corrected chi connectivity index (χ0v) is 13.4. The Labute approximate surface area is 126 Å². The van der Waals surface area contributed by atoms with Crippen LogP contribution in [0, 0.1) is 23.7 Å². The molecule has 110 valence electrons. The molecule has 1 N–H and O–H groups in total. The van der Waals surface area contributed by atoms with Gasteiger partial charge in [0.15, 0.2) is 0 Å². The fraction of sp³-hybridized carbons (Fsp3) is 0.647. The van der Waals surface area contributed by atoms with Gasteiger partial charge < -0.3 is 5.11 Å². The number of aliphatic hydroxyl groups excluding tert-OH is 1. The first-order chi connectivity index (χ1) is 9.70. The fourth-order valence-electron chi connectivity index (χ4n) is 2.77. The molecule has 0 bridgehead atoms. The summed E-state index contributed by atoms with van der Waals surface area (Å²) in [4.78, 5) is 3.93. The molecule has 2 heterocycles. The third kappa shape index (κ3) is 4.34. The Kier molecular flexibility index (Phi) is 6.09. The molecule has 1 fully saturated rings. The summed E-state index contributed by atoms with van der Waals surface area (Å²) >= 11 is 1.80. The van der Waals surface area contributed by atoms with Crippen molar-refractivity contribution in [3.63, 3.8) is 0 Å². The second kappa shape index (κ2) is 7.83. The van der Waals surface area contributed by atoms with Crippen molar-refractivity contribution in [1.82, 2.24) is 4.90 Å². The summed E-state index contributed by atoms with van der Waals surface area (Å²) in [7, 11) is 0.